The summed E-state index contributed by atoms with van der Waals surface area (Å²) in [6, 6.07) is 0. The molecular weight excluding hydrogens is 118 g/mol. The van der Waals surface area contributed by atoms with Gasteiger partial charge in [0.15, 0.2) is 0 Å². The fraction of sp³-hybridized carbons (Fsp3) is 1.00. The Balaban J connectivity index is -0.0000000150. The van der Waals surface area contributed by atoms with E-state index in [1.807, 2.05) is 0 Å². The molecule has 0 heterocycles. The molecule has 0 fully saturated rings. The molecule has 0 atom stereocenters. The Kier molecular flexibility index (Phi) is 41.3. The van der Waals surface area contributed by atoms with Gasteiger partial charge in [0.05, 0.1) is 0 Å². The first kappa shape index (κ1) is 15.8. The average molecular weight is 124 g/mol. The van der Waals surface area contributed by atoms with Crippen molar-refractivity contribution >= 4 is 0 Å². The minimum Gasteiger partial charge on any atom is -1.00 e. The maximum atomic E-state index is 9.05. The molecular formula is C2H6KNaO2. The fourth-order valence-corrected chi connectivity index (χ4v) is 0. The van der Waals surface area contributed by atoms with Crippen molar-refractivity contribution in [2.24, 2.45) is 0 Å². The minimum atomic E-state index is -0.375. The molecule has 0 amide bonds. The molecule has 0 aliphatic heterocycles. The Bertz CT molecular complexity index is 17.7. The van der Waals surface area contributed by atoms with Gasteiger partial charge in [0.25, 0.3) is 0 Å². The van der Waals surface area contributed by atoms with E-state index < -0.39 is 0 Å². The van der Waals surface area contributed by atoms with Crippen LogP contribution in [-0.2, 0) is 0 Å². The number of aliphatic hydroxyl groups is 1. The quantitative estimate of drug-likeness (QED) is 0.353. The number of hydrogen-bond acceptors (Lipinski definition) is 2. The summed E-state index contributed by atoms with van der Waals surface area (Å²) in [6.07, 6.45) is 0. The van der Waals surface area contributed by atoms with Crippen LogP contribution in [-0.4, -0.2) is 18.3 Å². The maximum absolute atomic E-state index is 9.05. The van der Waals surface area contributed by atoms with E-state index in [1.54, 1.807) is 0 Å². The first-order chi connectivity index (χ1) is 1.91. The Labute approximate surface area is 104 Å². The summed E-state index contributed by atoms with van der Waals surface area (Å²) < 4.78 is 0. The largest absolute Gasteiger partial charge is 1.00 e. The molecule has 0 bridgehead atoms. The van der Waals surface area contributed by atoms with Gasteiger partial charge >= 0.3 is 80.9 Å². The van der Waals surface area contributed by atoms with E-state index in [4.69, 9.17) is 10.2 Å². The second kappa shape index (κ2) is 15.6. The predicted molar refractivity (Wildman–Crippen MR) is 13.1 cm³/mol. The van der Waals surface area contributed by atoms with Crippen molar-refractivity contribution in [2.75, 3.05) is 13.2 Å². The summed E-state index contributed by atoms with van der Waals surface area (Å²) in [6.45, 7) is -0.611. The van der Waals surface area contributed by atoms with E-state index in [0.717, 1.165) is 0 Å². The minimum absolute atomic E-state index is 0. The van der Waals surface area contributed by atoms with Crippen LogP contribution in [0.15, 0.2) is 0 Å². The topological polar surface area (TPSA) is 43.3 Å². The third kappa shape index (κ3) is 16.0. The molecule has 28 valence electrons. The SMILES string of the molecule is [H-].[K+].[Na+].[O-]CCO. The molecule has 0 saturated carbocycles. The predicted octanol–water partition coefficient (Wildman–Crippen LogP) is -7.54. The van der Waals surface area contributed by atoms with E-state index in [1.165, 1.54) is 0 Å². The third-order valence-electron chi connectivity index (χ3n) is 0.0913. The van der Waals surface area contributed by atoms with Gasteiger partial charge in [-0.15, -0.1) is 6.61 Å². The summed E-state index contributed by atoms with van der Waals surface area (Å²) in [5.74, 6) is 0. The van der Waals surface area contributed by atoms with Gasteiger partial charge in [-0.25, -0.2) is 0 Å². The Morgan fingerprint density at radius 1 is 1.67 bits per heavy atom. The van der Waals surface area contributed by atoms with Crippen LogP contribution < -0.4 is 86.0 Å². The van der Waals surface area contributed by atoms with Crippen molar-refractivity contribution in [1.82, 2.24) is 0 Å². The molecule has 0 aliphatic rings. The normalized spacial score (nSPS) is 5.00. The summed E-state index contributed by atoms with van der Waals surface area (Å²) in [5, 5.41) is 16.6. The molecule has 0 aliphatic carbocycles. The van der Waals surface area contributed by atoms with Crippen molar-refractivity contribution < 1.29 is 92.6 Å². The van der Waals surface area contributed by atoms with E-state index in [0.29, 0.717) is 0 Å². The van der Waals surface area contributed by atoms with Crippen LogP contribution in [0.25, 0.3) is 0 Å². The van der Waals surface area contributed by atoms with Crippen LogP contribution in [0.5, 0.6) is 0 Å². The van der Waals surface area contributed by atoms with Crippen LogP contribution in [0.1, 0.15) is 1.43 Å². The number of rotatable bonds is 1. The van der Waals surface area contributed by atoms with Crippen LogP contribution in [0.3, 0.4) is 0 Å². The van der Waals surface area contributed by atoms with Crippen LogP contribution >= 0.6 is 0 Å². The van der Waals surface area contributed by atoms with E-state index in [9.17, 15) is 0 Å². The van der Waals surface area contributed by atoms with Crippen molar-refractivity contribution in [2.45, 2.75) is 0 Å². The van der Waals surface area contributed by atoms with Gasteiger partial charge in [-0.2, -0.15) is 0 Å². The van der Waals surface area contributed by atoms with Gasteiger partial charge in [-0.3, -0.25) is 0 Å². The molecule has 0 radical (unpaired) electrons. The Morgan fingerprint density at radius 2 is 1.83 bits per heavy atom. The molecule has 6 heavy (non-hydrogen) atoms. The van der Waals surface area contributed by atoms with Crippen molar-refractivity contribution in [3.8, 4) is 0 Å². The summed E-state index contributed by atoms with van der Waals surface area (Å²) in [5.41, 5.74) is 0. The average Bonchev–Trinajstić information content (AvgIpc) is 1.37. The Hall–Kier alpha value is 2.56. The van der Waals surface area contributed by atoms with Gasteiger partial charge in [0.2, 0.25) is 0 Å². The van der Waals surface area contributed by atoms with Gasteiger partial charge in [0.1, 0.15) is 0 Å². The van der Waals surface area contributed by atoms with Crippen molar-refractivity contribution in [3.63, 3.8) is 0 Å². The second-order valence-corrected chi connectivity index (χ2v) is 0.428. The Morgan fingerprint density at radius 3 is 1.83 bits per heavy atom. The van der Waals surface area contributed by atoms with Crippen LogP contribution in [0.2, 0.25) is 0 Å². The van der Waals surface area contributed by atoms with Crippen molar-refractivity contribution in [3.05, 3.63) is 0 Å². The zero-order chi connectivity index (χ0) is 3.41. The van der Waals surface area contributed by atoms with Crippen LogP contribution in [0.4, 0.5) is 0 Å². The molecule has 1 N–H and O–H groups in total. The van der Waals surface area contributed by atoms with Crippen molar-refractivity contribution in [1.29, 1.82) is 0 Å². The molecule has 2 nitrogen and oxygen atoms in total. The summed E-state index contributed by atoms with van der Waals surface area (Å²) in [7, 11) is 0. The maximum Gasteiger partial charge on any atom is 1.00 e. The molecule has 0 rings (SSSR count). The second-order valence-electron chi connectivity index (χ2n) is 0.428. The first-order valence-corrected chi connectivity index (χ1v) is 1.10. The first-order valence-electron chi connectivity index (χ1n) is 1.10. The van der Waals surface area contributed by atoms with E-state index >= 15 is 0 Å². The monoisotopic (exact) mass is 124 g/mol. The van der Waals surface area contributed by atoms with E-state index in [-0.39, 0.29) is 95.6 Å². The smallest absolute Gasteiger partial charge is 1.00 e. The number of hydrogen-bond donors (Lipinski definition) is 1. The molecule has 0 aromatic heterocycles. The number of aliphatic hydroxyl groups excluding tert-OH is 1. The zero-order valence-electron chi connectivity index (χ0n) is 5.27. The molecule has 0 spiro atoms. The molecule has 0 saturated heterocycles. The van der Waals surface area contributed by atoms with Crippen LogP contribution in [0, 0.1) is 0 Å². The summed E-state index contributed by atoms with van der Waals surface area (Å²) in [4.78, 5) is 0. The van der Waals surface area contributed by atoms with Gasteiger partial charge in [0, 0.05) is 6.61 Å². The molecule has 0 aromatic rings. The fourth-order valence-electron chi connectivity index (χ4n) is 0. The molecule has 0 unspecified atom stereocenters. The zero-order valence-corrected chi connectivity index (χ0v) is 9.39. The van der Waals surface area contributed by atoms with Gasteiger partial charge < -0.3 is 11.6 Å². The van der Waals surface area contributed by atoms with Gasteiger partial charge in [-0.1, -0.05) is 0 Å². The van der Waals surface area contributed by atoms with E-state index in [2.05, 4.69) is 0 Å². The third-order valence-corrected chi connectivity index (χ3v) is 0.0913. The molecule has 4 heteroatoms. The summed E-state index contributed by atoms with van der Waals surface area (Å²) >= 11 is 0. The van der Waals surface area contributed by atoms with Gasteiger partial charge in [-0.05, 0) is 0 Å². The molecule has 0 aromatic carbocycles. The standard InChI is InChI=1S/C2H5O2.K.Na.H/c3-1-2-4;;;/h3H,1-2H2;;;/q-1;2*+1;-1.